The number of pyridine rings is 1. The standard InChI is InChI=1S/C22H25N5O2/c1-16(2)21-24-22(29-25-21)18-8-9-23-19(15-18)26-10-12-27(13-11-26)20(28)14-17-6-4-3-5-7-17/h3-9,15-16H,10-14H2,1-2H3. The summed E-state index contributed by atoms with van der Waals surface area (Å²) in [7, 11) is 0. The number of carbonyl (C=O) groups excluding carboxylic acids is 1. The highest BCUT2D eigenvalue weighted by molar-refractivity contribution is 5.79. The third kappa shape index (κ3) is 4.45. The van der Waals surface area contributed by atoms with Crippen molar-refractivity contribution < 1.29 is 9.32 Å². The first kappa shape index (κ1) is 19.1. The van der Waals surface area contributed by atoms with Gasteiger partial charge in [-0.25, -0.2) is 4.98 Å². The monoisotopic (exact) mass is 391 g/mol. The number of nitrogens with zero attached hydrogens (tertiary/aromatic N) is 5. The van der Waals surface area contributed by atoms with Gasteiger partial charge in [-0.15, -0.1) is 0 Å². The number of benzene rings is 1. The van der Waals surface area contributed by atoms with E-state index in [9.17, 15) is 4.79 Å². The van der Waals surface area contributed by atoms with E-state index in [1.165, 1.54) is 0 Å². The molecule has 0 aliphatic carbocycles. The predicted molar refractivity (Wildman–Crippen MR) is 111 cm³/mol. The Kier molecular flexibility index (Phi) is 5.55. The lowest BCUT2D eigenvalue weighted by Gasteiger charge is -2.35. The molecule has 29 heavy (non-hydrogen) atoms. The van der Waals surface area contributed by atoms with Gasteiger partial charge in [0.2, 0.25) is 5.91 Å². The van der Waals surface area contributed by atoms with Crippen molar-refractivity contribution in [2.24, 2.45) is 0 Å². The normalized spacial score (nSPS) is 14.4. The SMILES string of the molecule is CC(C)c1noc(-c2ccnc(N3CCN(C(=O)Cc4ccccc4)CC3)c2)n1. The number of hydrogen-bond donors (Lipinski definition) is 0. The maximum absolute atomic E-state index is 12.6. The lowest BCUT2D eigenvalue weighted by molar-refractivity contribution is -0.130. The van der Waals surface area contributed by atoms with E-state index in [1.807, 2.05) is 61.2 Å². The topological polar surface area (TPSA) is 75.4 Å². The van der Waals surface area contributed by atoms with E-state index in [2.05, 4.69) is 20.0 Å². The first-order chi connectivity index (χ1) is 14.1. The molecule has 7 nitrogen and oxygen atoms in total. The van der Waals surface area contributed by atoms with Crippen molar-refractivity contribution in [3.8, 4) is 11.5 Å². The highest BCUT2D eigenvalue weighted by Gasteiger charge is 2.22. The fraction of sp³-hybridized carbons (Fsp3) is 0.364. The van der Waals surface area contributed by atoms with Crippen LogP contribution in [0.5, 0.6) is 0 Å². The summed E-state index contributed by atoms with van der Waals surface area (Å²) in [6.07, 6.45) is 2.21. The van der Waals surface area contributed by atoms with E-state index in [0.717, 1.165) is 30.0 Å². The highest BCUT2D eigenvalue weighted by atomic mass is 16.5. The lowest BCUT2D eigenvalue weighted by atomic mass is 10.1. The second kappa shape index (κ2) is 8.43. The number of rotatable bonds is 5. The third-order valence-corrected chi connectivity index (χ3v) is 5.11. The zero-order chi connectivity index (χ0) is 20.2. The number of hydrogen-bond acceptors (Lipinski definition) is 6. The fourth-order valence-corrected chi connectivity index (χ4v) is 3.38. The predicted octanol–water partition coefficient (Wildman–Crippen LogP) is 3.15. The maximum atomic E-state index is 12.6. The second-order valence-corrected chi connectivity index (χ2v) is 7.55. The molecule has 0 radical (unpaired) electrons. The Labute approximate surface area is 170 Å². The smallest absolute Gasteiger partial charge is 0.258 e. The summed E-state index contributed by atoms with van der Waals surface area (Å²) in [4.78, 5) is 25.7. The Bertz CT molecular complexity index is 962. The molecule has 1 aliphatic heterocycles. The molecule has 1 aromatic carbocycles. The molecule has 0 spiro atoms. The average Bonchev–Trinajstić information content (AvgIpc) is 3.25. The van der Waals surface area contributed by atoms with Gasteiger partial charge in [0.05, 0.1) is 6.42 Å². The summed E-state index contributed by atoms with van der Waals surface area (Å²) in [6, 6.07) is 13.7. The van der Waals surface area contributed by atoms with Crippen LogP contribution < -0.4 is 4.90 Å². The van der Waals surface area contributed by atoms with E-state index in [-0.39, 0.29) is 11.8 Å². The molecule has 1 aliphatic rings. The Hall–Kier alpha value is -3.22. The molecule has 3 aromatic rings. The Morgan fingerprint density at radius 2 is 1.86 bits per heavy atom. The van der Waals surface area contributed by atoms with Crippen LogP contribution in [0, 0.1) is 0 Å². The molecular weight excluding hydrogens is 366 g/mol. The van der Waals surface area contributed by atoms with Gasteiger partial charge in [0, 0.05) is 43.9 Å². The van der Waals surface area contributed by atoms with Gasteiger partial charge >= 0.3 is 0 Å². The van der Waals surface area contributed by atoms with Crippen molar-refractivity contribution in [2.45, 2.75) is 26.2 Å². The van der Waals surface area contributed by atoms with Crippen LogP contribution in [0.2, 0.25) is 0 Å². The van der Waals surface area contributed by atoms with Crippen molar-refractivity contribution in [1.82, 2.24) is 20.0 Å². The van der Waals surface area contributed by atoms with Gasteiger partial charge in [0.15, 0.2) is 5.82 Å². The molecule has 3 heterocycles. The van der Waals surface area contributed by atoms with Crippen LogP contribution in [-0.2, 0) is 11.2 Å². The number of piperazine rings is 1. The van der Waals surface area contributed by atoms with Crippen LogP contribution >= 0.6 is 0 Å². The quantitative estimate of drug-likeness (QED) is 0.665. The summed E-state index contributed by atoms with van der Waals surface area (Å²) in [5, 5.41) is 4.03. The van der Waals surface area contributed by atoms with E-state index >= 15 is 0 Å². The van der Waals surface area contributed by atoms with Crippen molar-refractivity contribution in [1.29, 1.82) is 0 Å². The minimum atomic E-state index is 0.171. The van der Waals surface area contributed by atoms with Crippen LogP contribution in [0.4, 0.5) is 5.82 Å². The summed E-state index contributed by atoms with van der Waals surface area (Å²) < 4.78 is 5.40. The molecule has 7 heteroatoms. The Morgan fingerprint density at radius 1 is 1.10 bits per heavy atom. The second-order valence-electron chi connectivity index (χ2n) is 7.55. The molecule has 1 fully saturated rings. The van der Waals surface area contributed by atoms with Gasteiger partial charge in [0.1, 0.15) is 5.82 Å². The number of carbonyl (C=O) groups is 1. The largest absolute Gasteiger partial charge is 0.353 e. The van der Waals surface area contributed by atoms with E-state index in [1.54, 1.807) is 6.20 Å². The van der Waals surface area contributed by atoms with E-state index in [4.69, 9.17) is 4.52 Å². The van der Waals surface area contributed by atoms with Crippen LogP contribution in [-0.4, -0.2) is 52.1 Å². The number of aromatic nitrogens is 3. The van der Waals surface area contributed by atoms with E-state index < -0.39 is 0 Å². The van der Waals surface area contributed by atoms with Gasteiger partial charge in [0.25, 0.3) is 5.89 Å². The fourth-order valence-electron chi connectivity index (χ4n) is 3.38. The minimum Gasteiger partial charge on any atom is -0.353 e. The molecule has 2 aromatic heterocycles. The lowest BCUT2D eigenvalue weighted by Crippen LogP contribution is -2.49. The molecule has 1 saturated heterocycles. The summed E-state index contributed by atoms with van der Waals surface area (Å²) in [5.74, 6) is 2.46. The van der Waals surface area contributed by atoms with Gasteiger partial charge in [-0.3, -0.25) is 4.79 Å². The molecule has 0 saturated carbocycles. The van der Waals surface area contributed by atoms with Gasteiger partial charge in [-0.05, 0) is 17.7 Å². The molecule has 0 bridgehead atoms. The summed E-state index contributed by atoms with van der Waals surface area (Å²) >= 11 is 0. The first-order valence-corrected chi connectivity index (χ1v) is 9.97. The molecule has 4 rings (SSSR count). The average molecular weight is 391 g/mol. The Morgan fingerprint density at radius 3 is 2.55 bits per heavy atom. The first-order valence-electron chi connectivity index (χ1n) is 9.97. The van der Waals surface area contributed by atoms with Gasteiger partial charge in [-0.1, -0.05) is 49.3 Å². The van der Waals surface area contributed by atoms with Crippen molar-refractivity contribution in [3.05, 3.63) is 60.0 Å². The molecule has 0 atom stereocenters. The molecular formula is C22H25N5O2. The number of anilines is 1. The van der Waals surface area contributed by atoms with Crippen molar-refractivity contribution in [2.75, 3.05) is 31.1 Å². The zero-order valence-corrected chi connectivity index (χ0v) is 16.8. The molecule has 0 N–H and O–H groups in total. The summed E-state index contributed by atoms with van der Waals surface area (Å²) in [5.41, 5.74) is 1.91. The van der Waals surface area contributed by atoms with Gasteiger partial charge < -0.3 is 14.3 Å². The third-order valence-electron chi connectivity index (χ3n) is 5.11. The molecule has 150 valence electrons. The minimum absolute atomic E-state index is 0.171. The van der Waals surface area contributed by atoms with Crippen LogP contribution in [0.3, 0.4) is 0 Å². The van der Waals surface area contributed by atoms with Crippen LogP contribution in [0.25, 0.3) is 11.5 Å². The molecule has 0 unspecified atom stereocenters. The van der Waals surface area contributed by atoms with E-state index in [0.29, 0.717) is 31.2 Å². The molecule has 1 amide bonds. The van der Waals surface area contributed by atoms with Crippen LogP contribution in [0.1, 0.15) is 31.2 Å². The van der Waals surface area contributed by atoms with Crippen molar-refractivity contribution >= 4 is 11.7 Å². The van der Waals surface area contributed by atoms with Gasteiger partial charge in [-0.2, -0.15) is 4.98 Å². The number of amides is 1. The highest BCUT2D eigenvalue weighted by Crippen LogP contribution is 2.24. The summed E-state index contributed by atoms with van der Waals surface area (Å²) in [6.45, 7) is 6.94. The van der Waals surface area contributed by atoms with Crippen molar-refractivity contribution in [3.63, 3.8) is 0 Å². The van der Waals surface area contributed by atoms with Crippen LogP contribution in [0.15, 0.2) is 53.2 Å². The zero-order valence-electron chi connectivity index (χ0n) is 16.8. The maximum Gasteiger partial charge on any atom is 0.258 e. The Balaban J connectivity index is 1.39.